The number of likely N-dealkylation sites (tertiary alicyclic amines) is 1. The Morgan fingerprint density at radius 3 is 2.03 bits per heavy atom. The molecule has 0 spiro atoms. The maximum atomic E-state index is 13.5. The van der Waals surface area contributed by atoms with Crippen LogP contribution >= 0.6 is 0 Å². The molecule has 1 saturated heterocycles. The number of carbonyl (C=O) groups excluding carboxylic acids is 5. The minimum absolute atomic E-state index is 0. The summed E-state index contributed by atoms with van der Waals surface area (Å²) in [7, 11) is 3.00. The van der Waals surface area contributed by atoms with Crippen molar-refractivity contribution < 1.29 is 45.4 Å². The Morgan fingerprint density at radius 2 is 1.59 bits per heavy atom. The second-order valence-electron chi connectivity index (χ2n) is 11.5. The van der Waals surface area contributed by atoms with Gasteiger partial charge < -0.3 is 20.4 Å². The van der Waals surface area contributed by atoms with E-state index in [9.17, 15) is 24.0 Å². The second-order valence-corrected chi connectivity index (χ2v) is 11.5. The van der Waals surface area contributed by atoms with E-state index in [4.69, 9.17) is 0 Å². The summed E-state index contributed by atoms with van der Waals surface area (Å²) in [4.78, 5) is 66.6. The van der Waals surface area contributed by atoms with Crippen LogP contribution in [0, 0.1) is 23.7 Å². The fourth-order valence-electron chi connectivity index (χ4n) is 3.80. The van der Waals surface area contributed by atoms with Gasteiger partial charge in [-0.15, -0.1) is 0 Å². The molecule has 0 aromatic carbocycles. The molecule has 2 aliphatic rings. The van der Waals surface area contributed by atoms with Crippen LogP contribution in [0.1, 0.15) is 83.4 Å². The van der Waals surface area contributed by atoms with E-state index in [1.54, 1.807) is 20.3 Å². The van der Waals surface area contributed by atoms with Crippen molar-refractivity contribution in [3.05, 3.63) is 6.42 Å². The van der Waals surface area contributed by atoms with Crippen molar-refractivity contribution >= 4 is 29.4 Å². The van der Waals surface area contributed by atoms with Crippen LogP contribution in [-0.2, 0) is 42.5 Å². The van der Waals surface area contributed by atoms with Crippen LogP contribution in [0.15, 0.2) is 0 Å². The van der Waals surface area contributed by atoms with Gasteiger partial charge in [-0.3, -0.25) is 30.4 Å². The van der Waals surface area contributed by atoms with Gasteiger partial charge in [-0.2, -0.15) is 6.42 Å². The van der Waals surface area contributed by atoms with Crippen molar-refractivity contribution in [3.63, 3.8) is 0 Å². The SMILES string of the molecule is CC(C)C(=O)N[C@H](C(=O)N1CC[CH-][C@H]1C(=O)NC(CC1CC1)C(=O)C(=O)N(C)C)C(C)(C)C.CCC.[HH].[HH].[V]. The third-order valence-corrected chi connectivity index (χ3v) is 6.09. The van der Waals surface area contributed by atoms with Gasteiger partial charge in [0.25, 0.3) is 5.91 Å². The zero-order valence-electron chi connectivity index (χ0n) is 24.1. The zero-order chi connectivity index (χ0) is 27.8. The Hall–Kier alpha value is -1.87. The average Bonchev–Trinajstić information content (AvgIpc) is 3.46. The summed E-state index contributed by atoms with van der Waals surface area (Å²) in [6.07, 6.45) is 5.87. The van der Waals surface area contributed by atoms with Crippen LogP contribution in [0.3, 0.4) is 0 Å². The molecule has 0 aromatic heterocycles. The molecule has 0 aromatic rings. The van der Waals surface area contributed by atoms with Crippen molar-refractivity contribution in [3.8, 4) is 0 Å². The third-order valence-electron chi connectivity index (χ3n) is 6.09. The van der Waals surface area contributed by atoms with Gasteiger partial charge in [0, 0.05) is 41.4 Å². The van der Waals surface area contributed by atoms with Gasteiger partial charge in [-0.05, 0) is 30.3 Å². The number of likely N-dealkylation sites (N-methyl/N-ethyl adjacent to an activating group) is 1. The van der Waals surface area contributed by atoms with Gasteiger partial charge in [-0.1, -0.05) is 67.7 Å². The Labute approximate surface area is 238 Å². The van der Waals surface area contributed by atoms with Crippen LogP contribution in [0.2, 0.25) is 0 Å². The van der Waals surface area contributed by atoms with Crippen LogP contribution in [-0.4, -0.2) is 78.0 Å². The molecule has 1 aliphatic heterocycles. The predicted octanol–water partition coefficient (Wildman–Crippen LogP) is 2.83. The van der Waals surface area contributed by atoms with Crippen molar-refractivity contribution in [2.75, 3.05) is 20.6 Å². The van der Waals surface area contributed by atoms with Crippen molar-refractivity contribution in [2.24, 2.45) is 17.3 Å². The molecule has 2 fully saturated rings. The van der Waals surface area contributed by atoms with Crippen LogP contribution < -0.4 is 10.6 Å². The van der Waals surface area contributed by atoms with Crippen molar-refractivity contribution in [1.82, 2.24) is 20.4 Å². The maximum absolute atomic E-state index is 13.5. The van der Waals surface area contributed by atoms with Crippen LogP contribution in [0.25, 0.3) is 0 Å². The topological polar surface area (TPSA) is 116 Å². The Morgan fingerprint density at radius 1 is 1.05 bits per heavy atom. The predicted molar refractivity (Wildman–Crippen MR) is 144 cm³/mol. The van der Waals surface area contributed by atoms with Crippen molar-refractivity contribution in [1.29, 1.82) is 0 Å². The first kappa shape index (κ1) is 35.1. The van der Waals surface area contributed by atoms with E-state index in [-0.39, 0.29) is 39.1 Å². The summed E-state index contributed by atoms with van der Waals surface area (Å²) in [6, 6.07) is -2.57. The smallest absolute Gasteiger partial charge is 0.291 e. The van der Waals surface area contributed by atoms with E-state index in [1.807, 2.05) is 20.8 Å². The van der Waals surface area contributed by atoms with Gasteiger partial charge in [0.15, 0.2) is 0 Å². The van der Waals surface area contributed by atoms with E-state index in [0.717, 1.165) is 12.8 Å². The average molecular weight is 563 g/mol. The molecule has 2 rings (SSSR count). The number of hydrogen-bond acceptors (Lipinski definition) is 5. The summed E-state index contributed by atoms with van der Waals surface area (Å²) in [6.45, 7) is 13.7. The number of nitrogens with one attached hydrogen (secondary N) is 2. The molecule has 3 atom stereocenters. The molecule has 1 aliphatic carbocycles. The van der Waals surface area contributed by atoms with Gasteiger partial charge in [0.2, 0.25) is 23.5 Å². The molecule has 9 nitrogen and oxygen atoms in total. The Kier molecular flexibility index (Phi) is 14.7. The molecule has 0 bridgehead atoms. The quantitative estimate of drug-likeness (QED) is 0.331. The summed E-state index contributed by atoms with van der Waals surface area (Å²) >= 11 is 0. The molecular formula is C27H51N4O5V-. The molecule has 1 unspecified atom stereocenters. The van der Waals surface area contributed by atoms with Crippen molar-refractivity contribution in [2.45, 2.75) is 98.7 Å². The molecule has 4 amide bonds. The molecule has 37 heavy (non-hydrogen) atoms. The first-order chi connectivity index (χ1) is 16.6. The Bertz CT molecular complexity index is 816. The van der Waals surface area contributed by atoms with E-state index < -0.39 is 41.1 Å². The number of ketones is 1. The summed E-state index contributed by atoms with van der Waals surface area (Å²) in [5, 5.41) is 5.57. The minimum atomic E-state index is -0.912. The van der Waals surface area contributed by atoms with Gasteiger partial charge >= 0.3 is 0 Å². The normalized spacial score (nSPS) is 18.5. The third kappa shape index (κ3) is 10.8. The van der Waals surface area contributed by atoms with Gasteiger partial charge in [0.05, 0.1) is 6.04 Å². The number of carbonyl (C=O) groups is 5. The monoisotopic (exact) mass is 562 g/mol. The first-order valence-corrected chi connectivity index (χ1v) is 13.2. The summed E-state index contributed by atoms with van der Waals surface area (Å²) in [5.41, 5.74) is -0.562. The molecule has 1 radical (unpaired) electrons. The van der Waals surface area contributed by atoms with Crippen LogP contribution in [0.4, 0.5) is 0 Å². The molecule has 10 heteroatoms. The molecule has 1 heterocycles. The number of nitrogens with zero attached hydrogens (tertiary/aromatic N) is 2. The molecule has 1 saturated carbocycles. The Balaban J connectivity index is -0.00000206. The van der Waals surface area contributed by atoms with E-state index in [2.05, 4.69) is 24.5 Å². The summed E-state index contributed by atoms with van der Waals surface area (Å²) in [5.74, 6) is -2.31. The van der Waals surface area contributed by atoms with E-state index >= 15 is 0 Å². The van der Waals surface area contributed by atoms with Gasteiger partial charge in [0.1, 0.15) is 6.04 Å². The van der Waals surface area contributed by atoms with E-state index in [1.165, 1.54) is 30.3 Å². The number of amides is 4. The minimum Gasteiger partial charge on any atom is -0.361 e. The van der Waals surface area contributed by atoms with Gasteiger partial charge in [-0.25, -0.2) is 0 Å². The summed E-state index contributed by atoms with van der Waals surface area (Å²) < 4.78 is 0. The maximum Gasteiger partial charge on any atom is 0.291 e. The zero-order valence-corrected chi connectivity index (χ0v) is 25.5. The standard InChI is InChI=1S/C24H39N4O5.C3H8.V.2H2/c1-14(2)20(30)26-19(24(3,4)5)23(33)28-12-8-9-17(28)21(31)25-16(13-15-10-11-15)18(29)22(32)27(6)7;1-3-2;;;/h9,14-17,19H,8,10-13H2,1-7H3,(H,25,31)(H,26,30);3H2,1-2H3;;2*1H/q-1;;;;/t16?,17-,19+;;;;/m0..../s1. The number of Topliss-reactive ketones (excluding diaryl/α,β-unsaturated/α-hetero) is 1. The van der Waals surface area contributed by atoms with Crippen LogP contribution in [0.5, 0.6) is 0 Å². The molecule has 215 valence electrons. The largest absolute Gasteiger partial charge is 0.361 e. The number of hydrogen-bond donors (Lipinski definition) is 2. The molecule has 2 N–H and O–H groups in total. The fraction of sp³-hybridized carbons (Fsp3) is 0.778. The number of rotatable bonds is 9. The molecular weight excluding hydrogens is 511 g/mol. The fourth-order valence-corrected chi connectivity index (χ4v) is 3.80. The second kappa shape index (κ2) is 15.5. The first-order valence-electron chi connectivity index (χ1n) is 13.2. The van der Waals surface area contributed by atoms with E-state index in [0.29, 0.717) is 25.3 Å².